The summed E-state index contributed by atoms with van der Waals surface area (Å²) in [5.74, 6) is 0. The zero-order valence-electron chi connectivity index (χ0n) is 12.8. The summed E-state index contributed by atoms with van der Waals surface area (Å²) in [4.78, 5) is 10.2. The lowest BCUT2D eigenvalue weighted by molar-refractivity contribution is -0.384. The van der Waals surface area contributed by atoms with Crippen LogP contribution in [0.3, 0.4) is 0 Å². The van der Waals surface area contributed by atoms with Crippen LogP contribution >= 0.6 is 0 Å². The highest BCUT2D eigenvalue weighted by molar-refractivity contribution is 7.89. The summed E-state index contributed by atoms with van der Waals surface area (Å²) in [7, 11) is -3.74. The van der Waals surface area contributed by atoms with Gasteiger partial charge in [-0.2, -0.15) is 4.31 Å². The molecule has 0 aliphatic carbocycles. The summed E-state index contributed by atoms with van der Waals surface area (Å²) in [6.07, 6.45) is 4.48. The average Bonchev–Trinajstić information content (AvgIpc) is 2.62. The van der Waals surface area contributed by atoms with Crippen molar-refractivity contribution in [3.8, 4) is 0 Å². The second kappa shape index (κ2) is 6.54. The first-order valence-corrected chi connectivity index (χ1v) is 8.92. The topological polar surface area (TPSA) is 80.5 Å². The van der Waals surface area contributed by atoms with Gasteiger partial charge in [0.05, 0.1) is 15.9 Å². The van der Waals surface area contributed by atoms with Gasteiger partial charge in [-0.3, -0.25) is 10.1 Å². The highest BCUT2D eigenvalue weighted by Crippen LogP contribution is 2.32. The fraction of sp³-hybridized carbons (Fsp3) is 0.176. The number of sulfonamides is 1. The van der Waals surface area contributed by atoms with Gasteiger partial charge in [-0.05, 0) is 24.1 Å². The molecule has 0 saturated carbocycles. The molecule has 0 aromatic heterocycles. The number of nitrogens with zero attached hydrogens (tertiary/aromatic N) is 2. The first kappa shape index (κ1) is 16.4. The number of rotatable bonds is 4. The van der Waals surface area contributed by atoms with Crippen molar-refractivity contribution < 1.29 is 13.3 Å². The summed E-state index contributed by atoms with van der Waals surface area (Å²) < 4.78 is 27.4. The van der Waals surface area contributed by atoms with Gasteiger partial charge in [0.25, 0.3) is 5.69 Å². The molecule has 7 heteroatoms. The minimum atomic E-state index is -3.74. The van der Waals surface area contributed by atoms with Gasteiger partial charge in [-0.1, -0.05) is 42.5 Å². The van der Waals surface area contributed by atoms with Crippen molar-refractivity contribution >= 4 is 15.7 Å². The van der Waals surface area contributed by atoms with Gasteiger partial charge in [0.1, 0.15) is 0 Å². The van der Waals surface area contributed by atoms with Gasteiger partial charge in [-0.15, -0.1) is 0 Å². The molecule has 1 aliphatic heterocycles. The minimum Gasteiger partial charge on any atom is -0.258 e. The zero-order chi connectivity index (χ0) is 17.2. The molecule has 0 spiro atoms. The van der Waals surface area contributed by atoms with Gasteiger partial charge in [0, 0.05) is 18.7 Å². The first-order valence-electron chi connectivity index (χ1n) is 7.48. The van der Waals surface area contributed by atoms with Crippen molar-refractivity contribution in [1.82, 2.24) is 4.31 Å². The molecule has 0 N–H and O–H groups in total. The van der Waals surface area contributed by atoms with Crippen molar-refractivity contribution in [2.75, 3.05) is 6.54 Å². The largest absolute Gasteiger partial charge is 0.269 e. The average molecular weight is 344 g/mol. The van der Waals surface area contributed by atoms with Gasteiger partial charge >= 0.3 is 0 Å². The lowest BCUT2D eigenvalue weighted by Gasteiger charge is -2.31. The number of benzene rings is 2. The van der Waals surface area contributed by atoms with Gasteiger partial charge in [-0.25, -0.2) is 8.42 Å². The molecule has 1 atom stereocenters. The zero-order valence-corrected chi connectivity index (χ0v) is 13.6. The molecule has 1 aliphatic rings. The molecule has 0 amide bonds. The van der Waals surface area contributed by atoms with E-state index in [9.17, 15) is 18.5 Å². The van der Waals surface area contributed by atoms with Gasteiger partial charge < -0.3 is 0 Å². The maximum absolute atomic E-state index is 13.0. The van der Waals surface area contributed by atoms with E-state index in [4.69, 9.17) is 0 Å². The smallest absolute Gasteiger partial charge is 0.258 e. The second-order valence-electron chi connectivity index (χ2n) is 5.44. The lowest BCUT2D eigenvalue weighted by Crippen LogP contribution is -2.36. The molecule has 0 fully saturated rings. The van der Waals surface area contributed by atoms with Crippen LogP contribution in [0.25, 0.3) is 0 Å². The Labute approximate surface area is 140 Å². The van der Waals surface area contributed by atoms with Crippen molar-refractivity contribution in [2.45, 2.75) is 17.4 Å². The van der Waals surface area contributed by atoms with Crippen molar-refractivity contribution in [2.24, 2.45) is 0 Å². The Hall–Kier alpha value is -2.51. The summed E-state index contributed by atoms with van der Waals surface area (Å²) in [6.45, 7) is 0.370. The van der Waals surface area contributed by atoms with Crippen LogP contribution in [0.2, 0.25) is 0 Å². The summed E-state index contributed by atoms with van der Waals surface area (Å²) >= 11 is 0. The van der Waals surface area contributed by atoms with Crippen molar-refractivity contribution in [3.05, 3.63) is 82.4 Å². The Balaban J connectivity index is 1.98. The van der Waals surface area contributed by atoms with Crippen LogP contribution in [-0.4, -0.2) is 24.2 Å². The maximum atomic E-state index is 13.0. The van der Waals surface area contributed by atoms with Crippen LogP contribution in [0.15, 0.2) is 71.6 Å². The lowest BCUT2D eigenvalue weighted by atomic mass is 10.0. The Kier molecular flexibility index (Phi) is 4.46. The third-order valence-electron chi connectivity index (χ3n) is 3.94. The molecule has 24 heavy (non-hydrogen) atoms. The summed E-state index contributed by atoms with van der Waals surface area (Å²) in [6, 6.07) is 14.0. The molecule has 2 aromatic carbocycles. The number of hydrogen-bond donors (Lipinski definition) is 0. The molecule has 1 heterocycles. The monoisotopic (exact) mass is 344 g/mol. The van der Waals surface area contributed by atoms with Crippen LogP contribution in [0, 0.1) is 10.1 Å². The predicted octanol–water partition coefficient (Wildman–Crippen LogP) is 3.29. The predicted molar refractivity (Wildman–Crippen MR) is 89.9 cm³/mol. The number of nitro groups is 1. The fourth-order valence-corrected chi connectivity index (χ4v) is 4.32. The fourth-order valence-electron chi connectivity index (χ4n) is 2.73. The van der Waals surface area contributed by atoms with E-state index in [2.05, 4.69) is 0 Å². The first-order chi connectivity index (χ1) is 11.5. The quantitative estimate of drug-likeness (QED) is 0.484. The van der Waals surface area contributed by atoms with E-state index < -0.39 is 14.9 Å². The Morgan fingerprint density at radius 2 is 1.71 bits per heavy atom. The molecule has 2 aromatic rings. The van der Waals surface area contributed by atoms with E-state index in [-0.39, 0.29) is 16.6 Å². The molecule has 0 radical (unpaired) electrons. The molecule has 0 unspecified atom stereocenters. The van der Waals surface area contributed by atoms with Crippen molar-refractivity contribution in [1.29, 1.82) is 0 Å². The molecular weight excluding hydrogens is 328 g/mol. The maximum Gasteiger partial charge on any atom is 0.269 e. The molecule has 0 saturated heterocycles. The Morgan fingerprint density at radius 3 is 2.33 bits per heavy atom. The van der Waals surface area contributed by atoms with E-state index in [1.165, 1.54) is 28.6 Å². The van der Waals surface area contributed by atoms with Gasteiger partial charge in [0.2, 0.25) is 10.0 Å². The summed E-state index contributed by atoms with van der Waals surface area (Å²) in [5.41, 5.74) is 0.756. The van der Waals surface area contributed by atoms with E-state index in [1.807, 2.05) is 42.5 Å². The number of hydrogen-bond acceptors (Lipinski definition) is 4. The van der Waals surface area contributed by atoms with Crippen LogP contribution in [-0.2, 0) is 10.0 Å². The normalized spacial score (nSPS) is 18.4. The van der Waals surface area contributed by atoms with E-state index >= 15 is 0 Å². The van der Waals surface area contributed by atoms with Crippen LogP contribution in [0.5, 0.6) is 0 Å². The molecule has 3 rings (SSSR count). The van der Waals surface area contributed by atoms with Gasteiger partial charge in [0.15, 0.2) is 0 Å². The minimum absolute atomic E-state index is 0.0596. The molecule has 6 nitrogen and oxygen atoms in total. The molecular formula is C17H16N2O4S. The SMILES string of the molecule is O=[N+]([O-])c1ccc(S(=O)(=O)N2CCC=C[C@H]2c2ccccc2)cc1. The molecule has 0 bridgehead atoms. The standard InChI is InChI=1S/C17H16N2O4S/c20-19(21)15-9-11-16(12-10-15)24(22,23)18-13-5-4-8-17(18)14-6-2-1-3-7-14/h1-4,6-12,17H,5,13H2/t17-/m0/s1. The highest BCUT2D eigenvalue weighted by Gasteiger charge is 2.32. The van der Waals surface area contributed by atoms with Crippen LogP contribution in [0.1, 0.15) is 18.0 Å². The second-order valence-corrected chi connectivity index (χ2v) is 7.33. The molecule has 124 valence electrons. The Morgan fingerprint density at radius 1 is 1.04 bits per heavy atom. The van der Waals surface area contributed by atoms with Crippen LogP contribution < -0.4 is 0 Å². The number of nitro benzene ring substituents is 1. The van der Waals surface area contributed by atoms with E-state index in [0.29, 0.717) is 13.0 Å². The van der Waals surface area contributed by atoms with Crippen LogP contribution in [0.4, 0.5) is 5.69 Å². The third kappa shape index (κ3) is 3.08. The highest BCUT2D eigenvalue weighted by atomic mass is 32.2. The number of non-ortho nitro benzene ring substituents is 1. The third-order valence-corrected chi connectivity index (χ3v) is 5.84. The summed E-state index contributed by atoms with van der Waals surface area (Å²) in [5, 5.41) is 10.7. The Bertz CT molecular complexity index is 861. The van der Waals surface area contributed by atoms with E-state index in [1.54, 1.807) is 0 Å². The van der Waals surface area contributed by atoms with E-state index in [0.717, 1.165) is 5.56 Å². The van der Waals surface area contributed by atoms with Crippen molar-refractivity contribution in [3.63, 3.8) is 0 Å².